The molecule has 1 atom stereocenters. The molecule has 3 heteroatoms. The van der Waals surface area contributed by atoms with Crippen molar-refractivity contribution in [2.75, 3.05) is 6.61 Å². The van der Waals surface area contributed by atoms with Crippen LogP contribution >= 0.6 is 0 Å². The van der Waals surface area contributed by atoms with Gasteiger partial charge in [0.05, 0.1) is 12.6 Å². The molecule has 1 aromatic heterocycles. The molecule has 94 valence electrons. The third kappa shape index (κ3) is 2.68. The second kappa shape index (κ2) is 5.65. The predicted octanol–water partition coefficient (Wildman–Crippen LogP) is 2.84. The lowest BCUT2D eigenvalue weighted by molar-refractivity contribution is 0.340. The van der Waals surface area contributed by atoms with Crippen LogP contribution in [0, 0.1) is 6.92 Å². The summed E-state index contributed by atoms with van der Waals surface area (Å²) in [6.45, 7) is 4.67. The van der Waals surface area contributed by atoms with Gasteiger partial charge in [0, 0.05) is 12.4 Å². The number of hydrogen-bond donors (Lipinski definition) is 1. The average Bonchev–Trinajstić information content (AvgIpc) is 2.39. The Hall–Kier alpha value is -1.87. The molecule has 1 unspecified atom stereocenters. The Labute approximate surface area is 108 Å². The van der Waals surface area contributed by atoms with Gasteiger partial charge in [0.2, 0.25) is 0 Å². The Morgan fingerprint density at radius 3 is 2.89 bits per heavy atom. The topological polar surface area (TPSA) is 48.1 Å². The van der Waals surface area contributed by atoms with Crippen LogP contribution in [0.4, 0.5) is 0 Å². The Morgan fingerprint density at radius 1 is 1.33 bits per heavy atom. The second-order valence-corrected chi connectivity index (χ2v) is 4.22. The highest BCUT2D eigenvalue weighted by molar-refractivity contribution is 5.38. The average molecular weight is 242 g/mol. The minimum Gasteiger partial charge on any atom is -0.494 e. The molecule has 2 rings (SSSR count). The zero-order valence-corrected chi connectivity index (χ0v) is 10.8. The van der Waals surface area contributed by atoms with Gasteiger partial charge in [-0.3, -0.25) is 4.98 Å². The van der Waals surface area contributed by atoms with Crippen molar-refractivity contribution in [2.45, 2.75) is 19.9 Å². The third-order valence-corrected chi connectivity index (χ3v) is 2.94. The Balaban J connectivity index is 2.31. The predicted molar refractivity (Wildman–Crippen MR) is 72.6 cm³/mol. The van der Waals surface area contributed by atoms with E-state index in [4.69, 9.17) is 10.5 Å². The Bertz CT molecular complexity index is 525. The van der Waals surface area contributed by atoms with E-state index in [-0.39, 0.29) is 6.04 Å². The first-order valence-electron chi connectivity index (χ1n) is 6.11. The number of hydrogen-bond acceptors (Lipinski definition) is 3. The number of nitrogens with two attached hydrogens (primary N) is 1. The van der Waals surface area contributed by atoms with E-state index in [1.54, 1.807) is 6.20 Å². The SMILES string of the molecule is CCOc1cccc(C(N)c2cnccc2C)c1. The quantitative estimate of drug-likeness (QED) is 0.896. The summed E-state index contributed by atoms with van der Waals surface area (Å²) in [5, 5.41) is 0. The number of benzene rings is 1. The number of ether oxygens (including phenoxy) is 1. The van der Waals surface area contributed by atoms with Crippen LogP contribution in [-0.4, -0.2) is 11.6 Å². The van der Waals surface area contributed by atoms with E-state index in [2.05, 4.69) is 4.98 Å². The molecule has 18 heavy (non-hydrogen) atoms. The van der Waals surface area contributed by atoms with Crippen LogP contribution in [0.15, 0.2) is 42.7 Å². The number of pyridine rings is 1. The first kappa shape index (κ1) is 12.6. The van der Waals surface area contributed by atoms with Crippen LogP contribution in [0.1, 0.15) is 29.7 Å². The van der Waals surface area contributed by atoms with E-state index in [0.29, 0.717) is 6.61 Å². The molecule has 0 saturated heterocycles. The van der Waals surface area contributed by atoms with E-state index in [9.17, 15) is 0 Å². The summed E-state index contributed by atoms with van der Waals surface area (Å²) in [6, 6.07) is 9.71. The number of aromatic nitrogens is 1. The summed E-state index contributed by atoms with van der Waals surface area (Å²) in [6.07, 6.45) is 3.61. The molecule has 3 nitrogen and oxygen atoms in total. The van der Waals surface area contributed by atoms with E-state index in [1.807, 2.05) is 50.4 Å². The summed E-state index contributed by atoms with van der Waals surface area (Å²) in [7, 11) is 0. The van der Waals surface area contributed by atoms with Crippen LogP contribution in [0.5, 0.6) is 5.75 Å². The summed E-state index contributed by atoms with van der Waals surface area (Å²) in [5.41, 5.74) is 9.53. The van der Waals surface area contributed by atoms with Crippen molar-refractivity contribution in [3.05, 3.63) is 59.4 Å². The van der Waals surface area contributed by atoms with Crippen molar-refractivity contribution in [3.8, 4) is 5.75 Å². The monoisotopic (exact) mass is 242 g/mol. The lowest BCUT2D eigenvalue weighted by atomic mass is 9.97. The summed E-state index contributed by atoms with van der Waals surface area (Å²) in [5.74, 6) is 0.854. The highest BCUT2D eigenvalue weighted by atomic mass is 16.5. The molecule has 0 amide bonds. The zero-order valence-electron chi connectivity index (χ0n) is 10.8. The lowest BCUT2D eigenvalue weighted by Gasteiger charge is -2.15. The Kier molecular flexibility index (Phi) is 3.95. The fourth-order valence-corrected chi connectivity index (χ4v) is 1.95. The van der Waals surface area contributed by atoms with Crippen molar-refractivity contribution < 1.29 is 4.74 Å². The highest BCUT2D eigenvalue weighted by Gasteiger charge is 2.12. The molecule has 0 bridgehead atoms. The third-order valence-electron chi connectivity index (χ3n) is 2.94. The van der Waals surface area contributed by atoms with E-state index in [1.165, 1.54) is 0 Å². The standard InChI is InChI=1S/C15H18N2O/c1-3-18-13-6-4-5-12(9-13)15(16)14-10-17-8-7-11(14)2/h4-10,15H,3,16H2,1-2H3. The maximum absolute atomic E-state index is 6.29. The molecule has 1 aromatic carbocycles. The van der Waals surface area contributed by atoms with Crippen molar-refractivity contribution in [3.63, 3.8) is 0 Å². The van der Waals surface area contributed by atoms with Crippen LogP contribution in [-0.2, 0) is 0 Å². The minimum atomic E-state index is -0.167. The van der Waals surface area contributed by atoms with Crippen LogP contribution < -0.4 is 10.5 Å². The molecule has 0 saturated carbocycles. The van der Waals surface area contributed by atoms with Gasteiger partial charge in [0.1, 0.15) is 5.75 Å². The van der Waals surface area contributed by atoms with Crippen molar-refractivity contribution in [1.29, 1.82) is 0 Å². The molecule has 0 spiro atoms. The smallest absolute Gasteiger partial charge is 0.119 e. The summed E-state index contributed by atoms with van der Waals surface area (Å²) < 4.78 is 5.49. The van der Waals surface area contributed by atoms with Gasteiger partial charge in [-0.1, -0.05) is 12.1 Å². The van der Waals surface area contributed by atoms with E-state index in [0.717, 1.165) is 22.4 Å². The second-order valence-electron chi connectivity index (χ2n) is 4.22. The van der Waals surface area contributed by atoms with Gasteiger partial charge < -0.3 is 10.5 Å². The zero-order chi connectivity index (χ0) is 13.0. The fourth-order valence-electron chi connectivity index (χ4n) is 1.95. The van der Waals surface area contributed by atoms with Gasteiger partial charge in [-0.2, -0.15) is 0 Å². The maximum Gasteiger partial charge on any atom is 0.119 e. The maximum atomic E-state index is 6.29. The molecular formula is C15H18N2O. The molecule has 0 fully saturated rings. The Morgan fingerprint density at radius 2 is 2.17 bits per heavy atom. The molecule has 0 radical (unpaired) electrons. The van der Waals surface area contributed by atoms with Crippen LogP contribution in [0.3, 0.4) is 0 Å². The van der Waals surface area contributed by atoms with Crippen molar-refractivity contribution >= 4 is 0 Å². The van der Waals surface area contributed by atoms with Gasteiger partial charge in [0.15, 0.2) is 0 Å². The van der Waals surface area contributed by atoms with Crippen LogP contribution in [0.25, 0.3) is 0 Å². The molecule has 2 N–H and O–H groups in total. The molecule has 0 aliphatic carbocycles. The first-order valence-corrected chi connectivity index (χ1v) is 6.11. The number of nitrogens with zero attached hydrogens (tertiary/aromatic N) is 1. The van der Waals surface area contributed by atoms with E-state index < -0.39 is 0 Å². The largest absolute Gasteiger partial charge is 0.494 e. The number of rotatable bonds is 4. The molecule has 2 aromatic rings. The number of aryl methyl sites for hydroxylation is 1. The molecule has 1 heterocycles. The summed E-state index contributed by atoms with van der Waals surface area (Å²) in [4.78, 5) is 4.14. The summed E-state index contributed by atoms with van der Waals surface area (Å²) >= 11 is 0. The van der Waals surface area contributed by atoms with Crippen LogP contribution in [0.2, 0.25) is 0 Å². The molecule has 0 aliphatic heterocycles. The fraction of sp³-hybridized carbons (Fsp3) is 0.267. The first-order chi connectivity index (χ1) is 8.72. The normalized spacial score (nSPS) is 12.2. The highest BCUT2D eigenvalue weighted by Crippen LogP contribution is 2.24. The minimum absolute atomic E-state index is 0.167. The van der Waals surface area contributed by atoms with Gasteiger partial charge in [-0.05, 0) is 48.7 Å². The van der Waals surface area contributed by atoms with Crippen molar-refractivity contribution in [1.82, 2.24) is 4.98 Å². The van der Waals surface area contributed by atoms with Gasteiger partial charge in [-0.15, -0.1) is 0 Å². The van der Waals surface area contributed by atoms with E-state index >= 15 is 0 Å². The van der Waals surface area contributed by atoms with Gasteiger partial charge >= 0.3 is 0 Å². The van der Waals surface area contributed by atoms with Gasteiger partial charge in [-0.25, -0.2) is 0 Å². The lowest BCUT2D eigenvalue weighted by Crippen LogP contribution is -2.13. The van der Waals surface area contributed by atoms with Gasteiger partial charge in [0.25, 0.3) is 0 Å². The molecular weight excluding hydrogens is 224 g/mol. The molecule has 0 aliphatic rings. The van der Waals surface area contributed by atoms with Crippen molar-refractivity contribution in [2.24, 2.45) is 5.73 Å².